The number of ether oxygens (including phenoxy) is 2. The van der Waals surface area contributed by atoms with Gasteiger partial charge in [0.25, 0.3) is 0 Å². The molecule has 26 heavy (non-hydrogen) atoms. The lowest BCUT2D eigenvalue weighted by Crippen LogP contribution is -2.16. The SMILES string of the molecule is Cc1c(C(C)OC(=O)Nc2ccccc2)sc2nc(C3CCOC3)nn12. The third-order valence-corrected chi connectivity index (χ3v) is 5.73. The van der Waals surface area contributed by atoms with Gasteiger partial charge >= 0.3 is 6.09 Å². The van der Waals surface area contributed by atoms with Gasteiger partial charge in [-0.25, -0.2) is 14.3 Å². The van der Waals surface area contributed by atoms with Crippen LogP contribution in [0.15, 0.2) is 30.3 Å². The fraction of sp³-hybridized carbons (Fsp3) is 0.389. The van der Waals surface area contributed by atoms with Crippen LogP contribution < -0.4 is 5.32 Å². The first-order chi connectivity index (χ1) is 12.6. The summed E-state index contributed by atoms with van der Waals surface area (Å²) in [5, 5.41) is 7.35. The molecule has 0 bridgehead atoms. The number of carbonyl (C=O) groups excluding carboxylic acids is 1. The number of aryl methyl sites for hydroxylation is 1. The van der Waals surface area contributed by atoms with Gasteiger partial charge in [0.2, 0.25) is 4.96 Å². The highest BCUT2D eigenvalue weighted by Gasteiger charge is 2.25. The smallest absolute Gasteiger partial charge is 0.412 e. The van der Waals surface area contributed by atoms with Gasteiger partial charge in [0.1, 0.15) is 6.10 Å². The molecule has 3 aromatic rings. The molecular formula is C18H20N4O3S. The summed E-state index contributed by atoms with van der Waals surface area (Å²) in [5.74, 6) is 1.11. The van der Waals surface area contributed by atoms with Crippen LogP contribution >= 0.6 is 11.3 Å². The molecule has 1 aliphatic heterocycles. The fourth-order valence-electron chi connectivity index (χ4n) is 3.05. The molecule has 7 nitrogen and oxygen atoms in total. The Kier molecular flexibility index (Phi) is 4.60. The predicted octanol–water partition coefficient (Wildman–Crippen LogP) is 3.91. The van der Waals surface area contributed by atoms with Crippen molar-refractivity contribution < 1.29 is 14.3 Å². The highest BCUT2D eigenvalue weighted by molar-refractivity contribution is 7.17. The molecule has 4 rings (SSSR count). The maximum Gasteiger partial charge on any atom is 0.412 e. The van der Waals surface area contributed by atoms with Crippen molar-refractivity contribution in [2.45, 2.75) is 32.3 Å². The van der Waals surface area contributed by atoms with Crippen LogP contribution in [0.4, 0.5) is 10.5 Å². The largest absolute Gasteiger partial charge is 0.440 e. The molecule has 1 aromatic carbocycles. The number of aromatic nitrogens is 3. The molecule has 8 heteroatoms. The van der Waals surface area contributed by atoms with Crippen LogP contribution in [0.1, 0.15) is 41.8 Å². The third kappa shape index (κ3) is 3.30. The Labute approximate surface area is 155 Å². The van der Waals surface area contributed by atoms with Crippen molar-refractivity contribution in [3.63, 3.8) is 0 Å². The molecule has 2 atom stereocenters. The number of fused-ring (bicyclic) bond motifs is 1. The Morgan fingerprint density at radius 3 is 2.92 bits per heavy atom. The first-order valence-corrected chi connectivity index (χ1v) is 9.40. The van der Waals surface area contributed by atoms with Crippen molar-refractivity contribution in [2.24, 2.45) is 0 Å². The summed E-state index contributed by atoms with van der Waals surface area (Å²) in [4.78, 5) is 18.5. The quantitative estimate of drug-likeness (QED) is 0.751. The first-order valence-electron chi connectivity index (χ1n) is 8.58. The Bertz CT molecular complexity index is 915. The lowest BCUT2D eigenvalue weighted by molar-refractivity contribution is 0.122. The van der Waals surface area contributed by atoms with E-state index in [1.54, 1.807) is 0 Å². The van der Waals surface area contributed by atoms with Crippen molar-refractivity contribution in [1.29, 1.82) is 0 Å². The number of hydrogen-bond donors (Lipinski definition) is 1. The number of anilines is 1. The molecule has 2 aromatic heterocycles. The van der Waals surface area contributed by atoms with Crippen molar-refractivity contribution in [1.82, 2.24) is 14.6 Å². The van der Waals surface area contributed by atoms with Crippen molar-refractivity contribution in [3.8, 4) is 0 Å². The summed E-state index contributed by atoms with van der Waals surface area (Å²) in [7, 11) is 0. The van der Waals surface area contributed by atoms with Crippen LogP contribution in [0, 0.1) is 6.92 Å². The van der Waals surface area contributed by atoms with Crippen LogP contribution in [0.3, 0.4) is 0 Å². The number of amides is 1. The Morgan fingerprint density at radius 1 is 1.42 bits per heavy atom. The zero-order chi connectivity index (χ0) is 18.1. The average Bonchev–Trinajstić information content (AvgIpc) is 3.33. The predicted molar refractivity (Wildman–Crippen MR) is 98.7 cm³/mol. The van der Waals surface area contributed by atoms with E-state index in [1.807, 2.05) is 48.7 Å². The van der Waals surface area contributed by atoms with E-state index in [1.165, 1.54) is 11.3 Å². The molecule has 1 amide bonds. The summed E-state index contributed by atoms with van der Waals surface area (Å²) in [6.45, 7) is 5.28. The Balaban J connectivity index is 1.48. The van der Waals surface area contributed by atoms with Crippen LogP contribution in [-0.4, -0.2) is 33.9 Å². The highest BCUT2D eigenvalue weighted by atomic mass is 32.1. The fourth-order valence-corrected chi connectivity index (χ4v) is 4.09. The molecule has 1 saturated heterocycles. The Morgan fingerprint density at radius 2 is 2.23 bits per heavy atom. The molecule has 0 radical (unpaired) electrons. The van der Waals surface area contributed by atoms with E-state index in [9.17, 15) is 4.79 Å². The average molecular weight is 372 g/mol. The summed E-state index contributed by atoms with van der Waals surface area (Å²) in [6, 6.07) is 9.23. The van der Waals surface area contributed by atoms with Gasteiger partial charge in [0.05, 0.1) is 17.2 Å². The van der Waals surface area contributed by atoms with Gasteiger partial charge in [-0.3, -0.25) is 5.32 Å². The number of rotatable bonds is 4. The standard InChI is InChI=1S/C18H20N4O3S/c1-11-15(12(2)25-18(23)19-14-6-4-3-5-7-14)26-17-20-16(21-22(11)17)13-8-9-24-10-13/h3-7,12-13H,8-10H2,1-2H3,(H,19,23). The van der Waals surface area contributed by atoms with Gasteiger partial charge in [-0.2, -0.15) is 0 Å². The van der Waals surface area contributed by atoms with Gasteiger partial charge in [-0.1, -0.05) is 29.5 Å². The summed E-state index contributed by atoms with van der Waals surface area (Å²) in [5.41, 5.74) is 1.65. The molecule has 0 aliphatic carbocycles. The lowest BCUT2D eigenvalue weighted by atomic mass is 10.1. The van der Waals surface area contributed by atoms with E-state index in [0.29, 0.717) is 12.3 Å². The normalized spacial score (nSPS) is 18.2. The van der Waals surface area contributed by atoms with Gasteiger partial charge < -0.3 is 9.47 Å². The minimum Gasteiger partial charge on any atom is -0.440 e. The van der Waals surface area contributed by atoms with Crippen molar-refractivity contribution in [2.75, 3.05) is 18.5 Å². The second kappa shape index (κ2) is 7.05. The molecule has 0 saturated carbocycles. The number of nitrogens with zero attached hydrogens (tertiary/aromatic N) is 3. The number of hydrogen-bond acceptors (Lipinski definition) is 6. The number of benzene rings is 1. The number of thiazole rings is 1. The van der Waals surface area contributed by atoms with Crippen LogP contribution in [0.2, 0.25) is 0 Å². The minimum atomic E-state index is -0.481. The second-order valence-corrected chi connectivity index (χ2v) is 7.32. The molecule has 0 spiro atoms. The van der Waals surface area contributed by atoms with E-state index in [-0.39, 0.29) is 12.0 Å². The highest BCUT2D eigenvalue weighted by Crippen LogP contribution is 2.31. The monoisotopic (exact) mass is 372 g/mol. The van der Waals surface area contributed by atoms with Crippen molar-refractivity contribution in [3.05, 3.63) is 46.7 Å². The number of para-hydroxylation sites is 1. The third-order valence-electron chi connectivity index (χ3n) is 4.44. The van der Waals surface area contributed by atoms with Gasteiger partial charge in [0, 0.05) is 18.2 Å². The topological polar surface area (TPSA) is 77.8 Å². The van der Waals surface area contributed by atoms with Gasteiger partial charge in [-0.15, -0.1) is 5.10 Å². The molecule has 1 aliphatic rings. The van der Waals surface area contributed by atoms with E-state index in [0.717, 1.165) is 34.4 Å². The summed E-state index contributed by atoms with van der Waals surface area (Å²) < 4.78 is 12.8. The summed E-state index contributed by atoms with van der Waals surface area (Å²) >= 11 is 1.50. The summed E-state index contributed by atoms with van der Waals surface area (Å²) in [6.07, 6.45) is 0.0967. The Hall–Kier alpha value is -2.45. The van der Waals surface area contributed by atoms with E-state index in [2.05, 4.69) is 15.4 Å². The van der Waals surface area contributed by atoms with Crippen molar-refractivity contribution >= 4 is 28.1 Å². The maximum absolute atomic E-state index is 12.1. The zero-order valence-electron chi connectivity index (χ0n) is 14.6. The molecule has 1 N–H and O–H groups in total. The molecule has 1 fully saturated rings. The van der Waals surface area contributed by atoms with Crippen LogP contribution in [-0.2, 0) is 9.47 Å². The maximum atomic E-state index is 12.1. The van der Waals surface area contributed by atoms with Crippen LogP contribution in [0.5, 0.6) is 0 Å². The minimum absolute atomic E-state index is 0.273. The molecule has 136 valence electrons. The molecule has 3 heterocycles. The van der Waals surface area contributed by atoms with E-state index >= 15 is 0 Å². The van der Waals surface area contributed by atoms with E-state index < -0.39 is 6.09 Å². The van der Waals surface area contributed by atoms with Gasteiger partial charge in [-0.05, 0) is 32.4 Å². The van der Waals surface area contributed by atoms with E-state index in [4.69, 9.17) is 9.47 Å². The first kappa shape index (κ1) is 17.0. The molecule has 2 unspecified atom stereocenters. The number of carbonyl (C=O) groups is 1. The molecular weight excluding hydrogens is 352 g/mol. The zero-order valence-corrected chi connectivity index (χ0v) is 15.5. The number of nitrogens with one attached hydrogen (secondary N) is 1. The second-order valence-electron chi connectivity index (χ2n) is 6.32. The lowest BCUT2D eigenvalue weighted by Gasteiger charge is -2.13. The van der Waals surface area contributed by atoms with Gasteiger partial charge in [0.15, 0.2) is 5.82 Å². The van der Waals surface area contributed by atoms with Crippen LogP contribution in [0.25, 0.3) is 4.96 Å².